The Morgan fingerprint density at radius 2 is 1.94 bits per heavy atom. The van der Waals surface area contributed by atoms with Gasteiger partial charge in [-0.3, -0.25) is 4.79 Å². The highest BCUT2D eigenvalue weighted by molar-refractivity contribution is 5.94. The zero-order valence-electron chi connectivity index (χ0n) is 11.3. The predicted octanol–water partition coefficient (Wildman–Crippen LogP) is 2.23. The molecule has 1 saturated heterocycles. The van der Waals surface area contributed by atoms with E-state index in [1.165, 1.54) is 0 Å². The van der Waals surface area contributed by atoms with Crippen molar-refractivity contribution in [2.75, 3.05) is 13.1 Å². The van der Waals surface area contributed by atoms with E-state index in [2.05, 4.69) is 0 Å². The summed E-state index contributed by atoms with van der Waals surface area (Å²) in [6.07, 6.45) is 0.395. The number of aliphatic hydroxyl groups excluding tert-OH is 1. The first-order valence-corrected chi connectivity index (χ1v) is 6.44. The van der Waals surface area contributed by atoms with Gasteiger partial charge < -0.3 is 10.0 Å². The quantitative estimate of drug-likeness (QED) is 0.826. The topological polar surface area (TPSA) is 40.5 Å². The van der Waals surface area contributed by atoms with Crippen LogP contribution in [-0.4, -0.2) is 35.1 Å². The maximum Gasteiger partial charge on any atom is 0.253 e. The fourth-order valence-electron chi connectivity index (χ4n) is 2.20. The largest absolute Gasteiger partial charge is 0.391 e. The summed E-state index contributed by atoms with van der Waals surface area (Å²) in [5.41, 5.74) is 1.75. The third kappa shape index (κ3) is 2.56. The molecule has 1 heterocycles. The van der Waals surface area contributed by atoms with Gasteiger partial charge in [-0.1, -0.05) is 31.5 Å². The van der Waals surface area contributed by atoms with Gasteiger partial charge in [-0.2, -0.15) is 0 Å². The Labute approximate surface area is 108 Å². The van der Waals surface area contributed by atoms with Crippen LogP contribution < -0.4 is 0 Å². The van der Waals surface area contributed by atoms with Crippen LogP contribution in [0.2, 0.25) is 0 Å². The molecule has 1 N–H and O–H groups in total. The zero-order chi connectivity index (χ0) is 13.3. The highest BCUT2D eigenvalue weighted by Gasteiger charge is 2.35. The van der Waals surface area contributed by atoms with Crippen molar-refractivity contribution in [2.45, 2.75) is 33.3 Å². The van der Waals surface area contributed by atoms with Crippen LogP contribution in [0.4, 0.5) is 0 Å². The Balaban J connectivity index is 2.09. The molecular formula is C15H21NO2. The Kier molecular flexibility index (Phi) is 3.44. The summed E-state index contributed by atoms with van der Waals surface area (Å²) in [5, 5.41) is 10.1. The van der Waals surface area contributed by atoms with Gasteiger partial charge >= 0.3 is 0 Å². The standard InChI is InChI=1S/C15H21NO2/c1-11-4-6-12(7-5-11)14(18)16-9-8-15(2,3)13(17)10-16/h4-7,13,17H,8-10H2,1-3H3. The van der Waals surface area contributed by atoms with Crippen molar-refractivity contribution in [3.63, 3.8) is 0 Å². The lowest BCUT2D eigenvalue weighted by Gasteiger charge is -2.41. The molecule has 1 fully saturated rings. The molecule has 1 aromatic carbocycles. The van der Waals surface area contributed by atoms with Crippen LogP contribution in [0.1, 0.15) is 36.2 Å². The third-order valence-electron chi connectivity index (χ3n) is 3.91. The highest BCUT2D eigenvalue weighted by Crippen LogP contribution is 2.30. The van der Waals surface area contributed by atoms with Crippen molar-refractivity contribution in [3.8, 4) is 0 Å². The van der Waals surface area contributed by atoms with E-state index < -0.39 is 6.10 Å². The van der Waals surface area contributed by atoms with Crippen molar-refractivity contribution < 1.29 is 9.90 Å². The van der Waals surface area contributed by atoms with Crippen LogP contribution in [-0.2, 0) is 0 Å². The normalized spacial score (nSPS) is 22.9. The van der Waals surface area contributed by atoms with E-state index in [4.69, 9.17) is 0 Å². The molecule has 0 spiro atoms. The molecule has 3 nitrogen and oxygen atoms in total. The number of likely N-dealkylation sites (tertiary alicyclic amines) is 1. The van der Waals surface area contributed by atoms with Gasteiger partial charge in [0.1, 0.15) is 0 Å². The van der Waals surface area contributed by atoms with Gasteiger partial charge in [0.25, 0.3) is 5.91 Å². The molecule has 1 atom stereocenters. The maximum atomic E-state index is 12.3. The molecule has 0 bridgehead atoms. The first-order chi connectivity index (χ1) is 8.40. The molecule has 1 unspecified atom stereocenters. The van der Waals surface area contributed by atoms with E-state index in [0.29, 0.717) is 12.1 Å². The van der Waals surface area contributed by atoms with Crippen molar-refractivity contribution >= 4 is 5.91 Å². The first-order valence-electron chi connectivity index (χ1n) is 6.44. The van der Waals surface area contributed by atoms with E-state index in [-0.39, 0.29) is 11.3 Å². The summed E-state index contributed by atoms with van der Waals surface area (Å²) in [4.78, 5) is 14.0. The van der Waals surface area contributed by atoms with Gasteiger partial charge in [0.2, 0.25) is 0 Å². The molecule has 2 rings (SSSR count). The van der Waals surface area contributed by atoms with Crippen LogP contribution >= 0.6 is 0 Å². The molecule has 0 aliphatic carbocycles. The second-order valence-corrected chi connectivity index (χ2v) is 5.87. The van der Waals surface area contributed by atoms with Gasteiger partial charge in [0.05, 0.1) is 6.10 Å². The van der Waals surface area contributed by atoms with Crippen LogP contribution in [0.3, 0.4) is 0 Å². The average molecular weight is 247 g/mol. The van der Waals surface area contributed by atoms with Gasteiger partial charge in [0, 0.05) is 18.7 Å². The second kappa shape index (κ2) is 4.73. The maximum absolute atomic E-state index is 12.3. The zero-order valence-corrected chi connectivity index (χ0v) is 11.3. The Bertz CT molecular complexity index is 436. The Morgan fingerprint density at radius 3 is 2.50 bits per heavy atom. The van der Waals surface area contributed by atoms with Crippen LogP contribution in [0.15, 0.2) is 24.3 Å². The molecule has 0 saturated carbocycles. The van der Waals surface area contributed by atoms with Gasteiger partial charge in [-0.25, -0.2) is 0 Å². The van der Waals surface area contributed by atoms with Crippen molar-refractivity contribution in [1.82, 2.24) is 4.90 Å². The van der Waals surface area contributed by atoms with E-state index in [9.17, 15) is 9.90 Å². The molecule has 0 radical (unpaired) electrons. The lowest BCUT2D eigenvalue weighted by molar-refractivity contribution is -0.0190. The van der Waals surface area contributed by atoms with Crippen LogP contribution in [0.25, 0.3) is 0 Å². The molecule has 1 aromatic rings. The smallest absolute Gasteiger partial charge is 0.253 e. The van der Waals surface area contributed by atoms with Crippen molar-refractivity contribution in [1.29, 1.82) is 0 Å². The number of aliphatic hydroxyl groups is 1. The summed E-state index contributed by atoms with van der Waals surface area (Å²) in [6, 6.07) is 7.59. The Morgan fingerprint density at radius 1 is 1.33 bits per heavy atom. The lowest BCUT2D eigenvalue weighted by atomic mass is 9.80. The molecule has 3 heteroatoms. The molecular weight excluding hydrogens is 226 g/mol. The number of nitrogens with zero attached hydrogens (tertiary/aromatic N) is 1. The van der Waals surface area contributed by atoms with Gasteiger partial charge in [-0.05, 0) is 30.9 Å². The average Bonchev–Trinajstić information content (AvgIpc) is 2.33. The minimum absolute atomic E-state index is 0.0181. The summed E-state index contributed by atoms with van der Waals surface area (Å²) in [5.74, 6) is 0.0181. The minimum Gasteiger partial charge on any atom is -0.391 e. The summed E-state index contributed by atoms with van der Waals surface area (Å²) < 4.78 is 0. The number of benzene rings is 1. The fraction of sp³-hybridized carbons (Fsp3) is 0.533. The van der Waals surface area contributed by atoms with Crippen molar-refractivity contribution in [2.24, 2.45) is 5.41 Å². The number of carbonyl (C=O) groups is 1. The summed E-state index contributed by atoms with van der Waals surface area (Å²) in [7, 11) is 0. The molecule has 98 valence electrons. The number of carbonyl (C=O) groups excluding carboxylic acids is 1. The number of rotatable bonds is 1. The molecule has 0 aromatic heterocycles. The predicted molar refractivity (Wildman–Crippen MR) is 71.5 cm³/mol. The molecule has 1 aliphatic rings. The monoisotopic (exact) mass is 247 g/mol. The van der Waals surface area contributed by atoms with Crippen LogP contribution in [0, 0.1) is 12.3 Å². The number of hydrogen-bond donors (Lipinski definition) is 1. The number of hydrogen-bond acceptors (Lipinski definition) is 2. The number of β-amino-alcohol motifs (C(OH)–C–C–N with tert-alkyl or cyclic N) is 1. The fourth-order valence-corrected chi connectivity index (χ4v) is 2.20. The molecule has 1 amide bonds. The SMILES string of the molecule is Cc1ccc(C(=O)N2CCC(C)(C)C(O)C2)cc1. The Hall–Kier alpha value is -1.35. The summed E-state index contributed by atoms with van der Waals surface area (Å²) >= 11 is 0. The minimum atomic E-state index is -0.444. The third-order valence-corrected chi connectivity index (χ3v) is 3.91. The van der Waals surface area contributed by atoms with Gasteiger partial charge in [0.15, 0.2) is 0 Å². The van der Waals surface area contributed by atoms with Gasteiger partial charge in [-0.15, -0.1) is 0 Å². The number of piperidine rings is 1. The first kappa shape index (κ1) is 13.1. The lowest BCUT2D eigenvalue weighted by Crippen LogP contribution is -2.50. The second-order valence-electron chi connectivity index (χ2n) is 5.87. The highest BCUT2D eigenvalue weighted by atomic mass is 16.3. The van der Waals surface area contributed by atoms with E-state index in [1.54, 1.807) is 4.90 Å². The van der Waals surface area contributed by atoms with E-state index in [0.717, 1.165) is 18.5 Å². The molecule has 1 aliphatic heterocycles. The van der Waals surface area contributed by atoms with Crippen molar-refractivity contribution in [3.05, 3.63) is 35.4 Å². The number of amides is 1. The summed E-state index contributed by atoms with van der Waals surface area (Å²) in [6.45, 7) is 7.24. The number of aryl methyl sites for hydroxylation is 1. The molecule has 18 heavy (non-hydrogen) atoms. The van der Waals surface area contributed by atoms with Crippen LogP contribution in [0.5, 0.6) is 0 Å². The van der Waals surface area contributed by atoms with E-state index in [1.807, 2.05) is 45.0 Å². The van der Waals surface area contributed by atoms with E-state index >= 15 is 0 Å².